The first-order valence-electron chi connectivity index (χ1n) is 1.91. The molecule has 0 heterocycles. The minimum atomic E-state index is -0.250. The second-order valence-electron chi connectivity index (χ2n) is 0.813. The van der Waals surface area contributed by atoms with Crippen molar-refractivity contribution in [2.75, 3.05) is 0 Å². The molecule has 6 heavy (non-hydrogen) atoms. The number of rotatable bonds is 0. The van der Waals surface area contributed by atoms with Crippen molar-refractivity contribution in [3.8, 4) is 0 Å². The first kappa shape index (κ1) is 9.08. The Morgan fingerprint density at radius 3 is 1.67 bits per heavy atom. The molecule has 38 valence electrons. The average Bonchev–Trinajstić information content (AvgIpc) is 1.39. The van der Waals surface area contributed by atoms with Crippen LogP contribution < -0.4 is 0 Å². The molecule has 0 spiro atoms. The SMILES string of the molecule is CCC.O=CO. The summed E-state index contributed by atoms with van der Waals surface area (Å²) < 4.78 is 0. The summed E-state index contributed by atoms with van der Waals surface area (Å²) in [5.41, 5.74) is 0. The van der Waals surface area contributed by atoms with Crippen molar-refractivity contribution in [1.82, 2.24) is 0 Å². The van der Waals surface area contributed by atoms with Crippen molar-refractivity contribution in [2.24, 2.45) is 0 Å². The molecule has 2 nitrogen and oxygen atoms in total. The Labute approximate surface area is 37.8 Å². The summed E-state index contributed by atoms with van der Waals surface area (Å²) in [5, 5.41) is 6.89. The molecule has 0 radical (unpaired) electrons. The zero-order chi connectivity index (χ0) is 5.41. The van der Waals surface area contributed by atoms with E-state index in [1.165, 1.54) is 6.42 Å². The molecule has 0 bridgehead atoms. The molecule has 0 rings (SSSR count). The van der Waals surface area contributed by atoms with Crippen LogP contribution in [0.5, 0.6) is 0 Å². The van der Waals surface area contributed by atoms with E-state index in [0.29, 0.717) is 0 Å². The number of hydrogen-bond donors (Lipinski definition) is 1. The second-order valence-corrected chi connectivity index (χ2v) is 0.813. The molecule has 0 atom stereocenters. The van der Waals surface area contributed by atoms with Gasteiger partial charge >= 0.3 is 0 Å². The van der Waals surface area contributed by atoms with E-state index in [1.807, 2.05) is 0 Å². The largest absolute Gasteiger partial charge is 0.483 e. The maximum absolute atomic E-state index is 8.36. The first-order chi connectivity index (χ1) is 2.83. The quantitative estimate of drug-likeness (QED) is 0.452. The fraction of sp³-hybridized carbons (Fsp3) is 0.750. The molecule has 0 amide bonds. The number of carbonyl (C=O) groups is 1. The number of carboxylic acid groups (broad SMARTS) is 1. The molecular formula is C4H10O2. The van der Waals surface area contributed by atoms with Gasteiger partial charge in [0.15, 0.2) is 0 Å². The first-order valence-corrected chi connectivity index (χ1v) is 1.91. The summed E-state index contributed by atoms with van der Waals surface area (Å²) in [6, 6.07) is 0. The Bertz CT molecular complexity index is 19.5. The maximum Gasteiger partial charge on any atom is 0.290 e. The molecule has 0 fully saturated rings. The van der Waals surface area contributed by atoms with Crippen LogP contribution in [-0.2, 0) is 4.79 Å². The lowest BCUT2D eigenvalue weighted by molar-refractivity contribution is -0.122. The summed E-state index contributed by atoms with van der Waals surface area (Å²) >= 11 is 0. The lowest BCUT2D eigenvalue weighted by atomic mass is 10.6. The molecule has 0 aliphatic heterocycles. The molecule has 0 aliphatic carbocycles. The van der Waals surface area contributed by atoms with Crippen LogP contribution in [0, 0.1) is 0 Å². The van der Waals surface area contributed by atoms with E-state index in [-0.39, 0.29) is 6.47 Å². The summed E-state index contributed by atoms with van der Waals surface area (Å²) in [7, 11) is 0. The molecule has 0 aliphatic rings. The van der Waals surface area contributed by atoms with E-state index < -0.39 is 0 Å². The maximum atomic E-state index is 8.36. The standard InChI is InChI=1S/C3H8.CH2O2/c1-3-2;2-1-3/h3H2,1-2H3;1H,(H,2,3). The molecule has 1 N–H and O–H groups in total. The predicted molar refractivity (Wildman–Crippen MR) is 24.7 cm³/mol. The van der Waals surface area contributed by atoms with Crippen LogP contribution >= 0.6 is 0 Å². The van der Waals surface area contributed by atoms with E-state index in [1.54, 1.807) is 0 Å². The van der Waals surface area contributed by atoms with Crippen LogP contribution in [0.1, 0.15) is 20.3 Å². The summed E-state index contributed by atoms with van der Waals surface area (Å²) in [4.78, 5) is 8.36. The van der Waals surface area contributed by atoms with Gasteiger partial charge in [0.25, 0.3) is 6.47 Å². The van der Waals surface area contributed by atoms with Crippen LogP contribution in [0.4, 0.5) is 0 Å². The van der Waals surface area contributed by atoms with Gasteiger partial charge in [-0.15, -0.1) is 0 Å². The van der Waals surface area contributed by atoms with Gasteiger partial charge in [-0.2, -0.15) is 0 Å². The third-order valence-corrected chi connectivity index (χ3v) is 0. The van der Waals surface area contributed by atoms with Crippen molar-refractivity contribution < 1.29 is 9.90 Å². The van der Waals surface area contributed by atoms with Crippen LogP contribution in [0.15, 0.2) is 0 Å². The van der Waals surface area contributed by atoms with Gasteiger partial charge in [0.1, 0.15) is 0 Å². The van der Waals surface area contributed by atoms with Crippen LogP contribution in [0.25, 0.3) is 0 Å². The van der Waals surface area contributed by atoms with Gasteiger partial charge in [0.05, 0.1) is 0 Å². The molecule has 0 saturated heterocycles. The highest BCUT2D eigenvalue weighted by Gasteiger charge is 1.35. The van der Waals surface area contributed by atoms with Gasteiger partial charge in [0, 0.05) is 0 Å². The Kier molecular flexibility index (Phi) is 37.7. The highest BCUT2D eigenvalue weighted by atomic mass is 16.3. The van der Waals surface area contributed by atoms with Crippen molar-refractivity contribution in [3.63, 3.8) is 0 Å². The van der Waals surface area contributed by atoms with Gasteiger partial charge < -0.3 is 5.11 Å². The molecule has 0 aromatic carbocycles. The Hall–Kier alpha value is -0.530. The molecule has 0 aromatic heterocycles. The number of hydrogen-bond acceptors (Lipinski definition) is 1. The van der Waals surface area contributed by atoms with E-state index in [4.69, 9.17) is 9.90 Å². The zero-order valence-electron chi connectivity index (χ0n) is 4.14. The van der Waals surface area contributed by atoms with Crippen molar-refractivity contribution in [2.45, 2.75) is 20.3 Å². The smallest absolute Gasteiger partial charge is 0.290 e. The van der Waals surface area contributed by atoms with Gasteiger partial charge in [-0.05, 0) is 0 Å². The summed E-state index contributed by atoms with van der Waals surface area (Å²) in [5.74, 6) is 0. The molecule has 2 heteroatoms. The van der Waals surface area contributed by atoms with Gasteiger partial charge in [0.2, 0.25) is 0 Å². The van der Waals surface area contributed by atoms with E-state index in [0.717, 1.165) is 0 Å². The predicted octanol–water partition coefficient (Wildman–Crippen LogP) is 1.12. The lowest BCUT2D eigenvalue weighted by Gasteiger charge is -1.48. The Balaban J connectivity index is 0. The highest BCUT2D eigenvalue weighted by molar-refractivity contribution is 5.32. The molecule has 0 unspecified atom stereocenters. The summed E-state index contributed by atoms with van der Waals surface area (Å²) in [6.07, 6.45) is 1.25. The van der Waals surface area contributed by atoms with Crippen molar-refractivity contribution in [3.05, 3.63) is 0 Å². The van der Waals surface area contributed by atoms with Crippen LogP contribution in [-0.4, -0.2) is 11.6 Å². The monoisotopic (exact) mass is 90.1 g/mol. The topological polar surface area (TPSA) is 37.3 Å². The Morgan fingerprint density at radius 1 is 1.67 bits per heavy atom. The van der Waals surface area contributed by atoms with Crippen LogP contribution in [0.2, 0.25) is 0 Å². The second kappa shape index (κ2) is 24.9. The minimum Gasteiger partial charge on any atom is -0.483 e. The molecule has 0 saturated carbocycles. The Morgan fingerprint density at radius 2 is 1.67 bits per heavy atom. The van der Waals surface area contributed by atoms with E-state index in [2.05, 4.69) is 13.8 Å². The van der Waals surface area contributed by atoms with Crippen molar-refractivity contribution in [1.29, 1.82) is 0 Å². The van der Waals surface area contributed by atoms with Crippen molar-refractivity contribution >= 4 is 6.47 Å². The normalized spacial score (nSPS) is 5.00. The average molecular weight is 90.1 g/mol. The molecular weight excluding hydrogens is 80.0 g/mol. The van der Waals surface area contributed by atoms with Gasteiger partial charge in [-0.1, -0.05) is 20.3 Å². The van der Waals surface area contributed by atoms with Gasteiger partial charge in [-0.3, -0.25) is 4.79 Å². The lowest BCUT2D eigenvalue weighted by Crippen LogP contribution is -1.49. The third-order valence-electron chi connectivity index (χ3n) is 0. The van der Waals surface area contributed by atoms with E-state index in [9.17, 15) is 0 Å². The van der Waals surface area contributed by atoms with Gasteiger partial charge in [-0.25, -0.2) is 0 Å². The highest BCUT2D eigenvalue weighted by Crippen LogP contribution is 1.56. The van der Waals surface area contributed by atoms with Crippen LogP contribution in [0.3, 0.4) is 0 Å². The third kappa shape index (κ3) is 75.4. The summed E-state index contributed by atoms with van der Waals surface area (Å²) in [6.45, 7) is 4.00. The minimum absolute atomic E-state index is 0.250. The zero-order valence-corrected chi connectivity index (χ0v) is 4.14. The fourth-order valence-corrected chi connectivity index (χ4v) is 0. The fourth-order valence-electron chi connectivity index (χ4n) is 0. The van der Waals surface area contributed by atoms with E-state index >= 15 is 0 Å². The molecule has 0 aromatic rings.